The van der Waals surface area contributed by atoms with Gasteiger partial charge in [0.05, 0.1) is 16.6 Å². The Morgan fingerprint density at radius 1 is 1.36 bits per heavy atom. The number of H-pyrrole nitrogens is 1. The van der Waals surface area contributed by atoms with E-state index in [4.69, 9.17) is 10.7 Å². The monoisotopic (exact) mass is 384 g/mol. The lowest BCUT2D eigenvalue weighted by atomic mass is 9.76. The van der Waals surface area contributed by atoms with Crippen molar-refractivity contribution in [2.24, 2.45) is 11.7 Å². The van der Waals surface area contributed by atoms with E-state index in [2.05, 4.69) is 10.3 Å². The van der Waals surface area contributed by atoms with Crippen molar-refractivity contribution < 1.29 is 4.79 Å². The van der Waals surface area contributed by atoms with Gasteiger partial charge in [-0.3, -0.25) is 4.79 Å². The average Bonchev–Trinajstić information content (AvgIpc) is 3.29. The fraction of sp³-hybridized carbons (Fsp3) is 0.619. The van der Waals surface area contributed by atoms with Gasteiger partial charge in [-0.2, -0.15) is 0 Å². The molecular formula is C21H30N5O2-. The summed E-state index contributed by atoms with van der Waals surface area (Å²) in [7, 11) is 0. The number of hydrogen-bond acceptors (Lipinski definition) is 5. The Kier molecular flexibility index (Phi) is 4.34. The first kappa shape index (κ1) is 19.4. The van der Waals surface area contributed by atoms with Crippen LogP contribution in [0.4, 0.5) is 0 Å². The molecule has 1 aromatic carbocycles. The normalized spacial score (nSPS) is 29.5. The minimum Gasteiger partial charge on any atom is -0.784 e. The number of carbonyl (C=O) groups excluding carboxylic acids is 1. The molecule has 2 atom stereocenters. The van der Waals surface area contributed by atoms with Gasteiger partial charge in [-0.25, -0.2) is 4.98 Å². The van der Waals surface area contributed by atoms with Gasteiger partial charge in [-0.05, 0) is 78.0 Å². The number of primary amides is 1. The molecule has 7 nitrogen and oxygen atoms in total. The summed E-state index contributed by atoms with van der Waals surface area (Å²) in [6.45, 7) is 9.06. The van der Waals surface area contributed by atoms with E-state index in [1.807, 2.05) is 39.8 Å². The highest BCUT2D eigenvalue weighted by molar-refractivity contribution is 6.04. The van der Waals surface area contributed by atoms with Crippen LogP contribution >= 0.6 is 0 Å². The Labute approximate surface area is 165 Å². The Hall–Kier alpha value is -1.96. The third-order valence-electron chi connectivity index (χ3n) is 6.89. The van der Waals surface area contributed by atoms with Gasteiger partial charge >= 0.3 is 0 Å². The fourth-order valence-electron chi connectivity index (χ4n) is 5.36. The molecule has 2 unspecified atom stereocenters. The number of benzene rings is 1. The predicted molar refractivity (Wildman–Crippen MR) is 110 cm³/mol. The van der Waals surface area contributed by atoms with Gasteiger partial charge in [-0.1, -0.05) is 6.07 Å². The van der Waals surface area contributed by atoms with Crippen LogP contribution in [0.15, 0.2) is 18.2 Å². The van der Waals surface area contributed by atoms with Crippen LogP contribution in [-0.2, 0) is 5.54 Å². The quantitative estimate of drug-likeness (QED) is 0.750. The van der Waals surface area contributed by atoms with Crippen LogP contribution in [0.3, 0.4) is 0 Å². The number of nitrogens with zero attached hydrogens (tertiary/aromatic N) is 2. The molecule has 152 valence electrons. The zero-order valence-corrected chi connectivity index (χ0v) is 17.1. The van der Waals surface area contributed by atoms with Gasteiger partial charge in [0.2, 0.25) is 0 Å². The van der Waals surface area contributed by atoms with Crippen LogP contribution in [0.2, 0.25) is 0 Å². The van der Waals surface area contributed by atoms with Crippen molar-refractivity contribution in [2.45, 2.75) is 70.0 Å². The van der Waals surface area contributed by atoms with Crippen molar-refractivity contribution in [3.63, 3.8) is 0 Å². The van der Waals surface area contributed by atoms with Gasteiger partial charge < -0.3 is 26.3 Å². The lowest BCUT2D eigenvalue weighted by Gasteiger charge is -2.48. The molecule has 4 N–H and O–H groups in total. The molecule has 0 radical (unpaired) electrons. The van der Waals surface area contributed by atoms with Gasteiger partial charge in [0, 0.05) is 11.1 Å². The first-order valence-corrected chi connectivity index (χ1v) is 10.1. The molecule has 0 spiro atoms. The summed E-state index contributed by atoms with van der Waals surface area (Å²) in [5.74, 6) is 0.596. The molecule has 2 fully saturated rings. The van der Waals surface area contributed by atoms with Gasteiger partial charge in [-0.15, -0.1) is 0 Å². The topological polar surface area (TPSA) is 110 Å². The lowest BCUT2D eigenvalue weighted by Crippen LogP contribution is -2.48. The van der Waals surface area contributed by atoms with Crippen molar-refractivity contribution in [1.82, 2.24) is 20.3 Å². The summed E-state index contributed by atoms with van der Waals surface area (Å²) in [6.07, 6.45) is 3.68. The second-order valence-corrected chi connectivity index (χ2v) is 9.63. The number of fused-ring (bicyclic) bond motifs is 1. The smallest absolute Gasteiger partial charge is 0.250 e. The first-order valence-electron chi connectivity index (χ1n) is 10.1. The SMILES string of the molecule is CC1(C)CC(CC2(c3nc4c(C(N)=O)cccc4[nH]3)CCCN2)C(C)(C)N1[O-]. The molecule has 4 rings (SSSR count). The van der Waals surface area contributed by atoms with E-state index in [9.17, 15) is 10.0 Å². The van der Waals surface area contributed by atoms with E-state index in [0.29, 0.717) is 11.1 Å². The van der Waals surface area contributed by atoms with Crippen molar-refractivity contribution in [1.29, 1.82) is 0 Å². The Morgan fingerprint density at radius 2 is 2.11 bits per heavy atom. The summed E-state index contributed by atoms with van der Waals surface area (Å²) in [4.78, 5) is 20.1. The predicted octanol–water partition coefficient (Wildman–Crippen LogP) is 3.01. The molecular weight excluding hydrogens is 354 g/mol. The number of rotatable bonds is 4. The summed E-state index contributed by atoms with van der Waals surface area (Å²) in [6, 6.07) is 5.45. The number of amides is 1. The van der Waals surface area contributed by atoms with Crippen LogP contribution in [0.25, 0.3) is 11.0 Å². The number of imidazole rings is 1. The van der Waals surface area contributed by atoms with E-state index in [1.54, 1.807) is 6.07 Å². The van der Waals surface area contributed by atoms with Crippen molar-refractivity contribution in [2.75, 3.05) is 6.54 Å². The number of aromatic nitrogens is 2. The maximum atomic E-state index is 12.9. The summed E-state index contributed by atoms with van der Waals surface area (Å²) >= 11 is 0. The maximum Gasteiger partial charge on any atom is 0.250 e. The first-order chi connectivity index (χ1) is 13.1. The van der Waals surface area contributed by atoms with Crippen LogP contribution in [0.1, 0.15) is 69.6 Å². The molecule has 28 heavy (non-hydrogen) atoms. The second-order valence-electron chi connectivity index (χ2n) is 9.63. The third kappa shape index (κ3) is 2.84. The molecule has 1 amide bonds. The molecule has 1 aromatic heterocycles. The van der Waals surface area contributed by atoms with E-state index in [0.717, 1.165) is 43.6 Å². The summed E-state index contributed by atoms with van der Waals surface area (Å²) < 4.78 is 0. The summed E-state index contributed by atoms with van der Waals surface area (Å²) in [5.41, 5.74) is 6.27. The van der Waals surface area contributed by atoms with E-state index in [1.165, 1.54) is 5.06 Å². The van der Waals surface area contributed by atoms with Gasteiger partial charge in [0.25, 0.3) is 5.91 Å². The van der Waals surface area contributed by atoms with Crippen LogP contribution in [0.5, 0.6) is 0 Å². The maximum absolute atomic E-state index is 12.9. The Morgan fingerprint density at radius 3 is 2.68 bits per heavy atom. The molecule has 7 heteroatoms. The average molecular weight is 385 g/mol. The number of nitrogens with one attached hydrogen (secondary N) is 2. The van der Waals surface area contributed by atoms with Crippen molar-refractivity contribution in [3.05, 3.63) is 34.8 Å². The van der Waals surface area contributed by atoms with E-state index >= 15 is 0 Å². The van der Waals surface area contributed by atoms with E-state index in [-0.39, 0.29) is 17.0 Å². The Bertz CT molecular complexity index is 911. The highest BCUT2D eigenvalue weighted by atomic mass is 16.5. The van der Waals surface area contributed by atoms with E-state index < -0.39 is 11.4 Å². The van der Waals surface area contributed by atoms with Crippen molar-refractivity contribution in [3.8, 4) is 0 Å². The molecule has 3 heterocycles. The largest absolute Gasteiger partial charge is 0.784 e. The van der Waals surface area contributed by atoms with Crippen LogP contribution in [0, 0.1) is 11.1 Å². The van der Waals surface area contributed by atoms with Gasteiger partial charge in [0.1, 0.15) is 11.3 Å². The van der Waals surface area contributed by atoms with Crippen LogP contribution in [-0.4, -0.2) is 38.6 Å². The highest BCUT2D eigenvalue weighted by Gasteiger charge is 2.51. The van der Waals surface area contributed by atoms with Crippen LogP contribution < -0.4 is 11.1 Å². The Balaban J connectivity index is 1.75. The molecule has 0 saturated carbocycles. The minimum absolute atomic E-state index is 0.231. The number of para-hydroxylation sites is 1. The molecule has 2 aliphatic heterocycles. The zero-order valence-electron chi connectivity index (χ0n) is 17.1. The molecule has 2 aromatic rings. The molecule has 0 aliphatic carbocycles. The molecule has 0 bridgehead atoms. The minimum atomic E-state index is -0.474. The van der Waals surface area contributed by atoms with Gasteiger partial charge in [0.15, 0.2) is 0 Å². The zero-order chi connectivity index (χ0) is 20.3. The second kappa shape index (κ2) is 6.27. The lowest BCUT2D eigenvalue weighted by molar-refractivity contribution is 0.100. The molecule has 2 aliphatic rings. The fourth-order valence-corrected chi connectivity index (χ4v) is 5.36. The third-order valence-corrected chi connectivity index (χ3v) is 6.89. The number of aromatic amines is 1. The summed E-state index contributed by atoms with van der Waals surface area (Å²) in [5, 5.41) is 17.8. The number of hydrogen-bond donors (Lipinski definition) is 3. The number of nitrogens with two attached hydrogens (primary N) is 1. The number of hydroxylamine groups is 2. The molecule has 2 saturated heterocycles. The van der Waals surface area contributed by atoms with Crippen molar-refractivity contribution >= 4 is 16.9 Å². The highest BCUT2D eigenvalue weighted by Crippen LogP contribution is 2.50. The standard InChI is InChI=1S/C21H30N5O2/c1-19(2)11-13(20(3,4)26(19)28)12-21(9-6-10-23-21)18-24-15-8-5-7-14(17(22)27)16(15)25-18/h5,7-8,13,23H,6,9-12H2,1-4H3,(H2,22,27)(H,24,25)/q-1. The number of carbonyl (C=O) groups is 1.